The zero-order valence-corrected chi connectivity index (χ0v) is 7.75. The van der Waals surface area contributed by atoms with E-state index in [1.807, 2.05) is 6.08 Å². The smallest absolute Gasteiger partial charge is 0.237 e. The van der Waals surface area contributed by atoms with Gasteiger partial charge in [0.05, 0.1) is 6.04 Å². The van der Waals surface area contributed by atoms with E-state index >= 15 is 0 Å². The molecule has 1 saturated carbocycles. The molecule has 1 aliphatic heterocycles. The molecule has 1 amide bonds. The van der Waals surface area contributed by atoms with Crippen LogP contribution in [0.2, 0.25) is 0 Å². The summed E-state index contributed by atoms with van der Waals surface area (Å²) in [6.45, 7) is 4.69. The maximum Gasteiger partial charge on any atom is 0.237 e. The van der Waals surface area contributed by atoms with Crippen LogP contribution in [0.3, 0.4) is 0 Å². The fourth-order valence-electron chi connectivity index (χ4n) is 1.83. The second-order valence-corrected chi connectivity index (χ2v) is 3.90. The Morgan fingerprint density at radius 1 is 1.62 bits per heavy atom. The van der Waals surface area contributed by atoms with Crippen LogP contribution in [-0.4, -0.2) is 24.5 Å². The normalized spacial score (nSPS) is 37.1. The molecule has 0 spiro atoms. The number of carbonyl (C=O) groups excluding carboxylic acids is 1. The number of amides is 1. The Labute approximate surface area is 78.6 Å². The number of rotatable bonds is 3. The molecule has 72 valence electrons. The predicted octanol–water partition coefficient (Wildman–Crippen LogP) is 0.429. The van der Waals surface area contributed by atoms with Gasteiger partial charge in [0.2, 0.25) is 5.91 Å². The summed E-state index contributed by atoms with van der Waals surface area (Å²) in [6.07, 6.45) is 5.10. The summed E-state index contributed by atoms with van der Waals surface area (Å²) in [4.78, 5) is 11.5. The highest BCUT2D eigenvalue weighted by atomic mass is 16.2. The fraction of sp³-hybridized carbons (Fsp3) is 0.700. The van der Waals surface area contributed by atoms with Gasteiger partial charge in [-0.05, 0) is 31.7 Å². The van der Waals surface area contributed by atoms with Gasteiger partial charge in [-0.15, -0.1) is 6.58 Å². The van der Waals surface area contributed by atoms with Crippen LogP contribution in [0.1, 0.15) is 19.3 Å². The fourth-order valence-corrected chi connectivity index (χ4v) is 1.83. The molecule has 0 aromatic heterocycles. The zero-order chi connectivity index (χ0) is 9.26. The monoisotopic (exact) mass is 180 g/mol. The Hall–Kier alpha value is -0.830. The van der Waals surface area contributed by atoms with E-state index in [2.05, 4.69) is 17.2 Å². The molecule has 1 aliphatic carbocycles. The van der Waals surface area contributed by atoms with Gasteiger partial charge in [-0.2, -0.15) is 0 Å². The lowest BCUT2D eigenvalue weighted by molar-refractivity contribution is -0.122. The summed E-state index contributed by atoms with van der Waals surface area (Å²) in [7, 11) is 0. The largest absolute Gasteiger partial charge is 0.351 e. The summed E-state index contributed by atoms with van der Waals surface area (Å²) >= 11 is 0. The molecule has 1 saturated heterocycles. The molecule has 2 aliphatic rings. The molecule has 2 fully saturated rings. The quantitative estimate of drug-likeness (QED) is 0.618. The first-order chi connectivity index (χ1) is 6.31. The van der Waals surface area contributed by atoms with E-state index in [9.17, 15) is 4.79 Å². The lowest BCUT2D eigenvalue weighted by Crippen LogP contribution is -2.41. The van der Waals surface area contributed by atoms with Crippen LogP contribution >= 0.6 is 0 Å². The Morgan fingerprint density at radius 2 is 2.46 bits per heavy atom. The van der Waals surface area contributed by atoms with Gasteiger partial charge in [0, 0.05) is 6.04 Å². The van der Waals surface area contributed by atoms with Crippen LogP contribution in [0.15, 0.2) is 12.7 Å². The van der Waals surface area contributed by atoms with Crippen molar-refractivity contribution in [1.82, 2.24) is 10.6 Å². The van der Waals surface area contributed by atoms with E-state index in [1.54, 1.807) is 0 Å². The average molecular weight is 180 g/mol. The molecule has 3 nitrogen and oxygen atoms in total. The number of hydrogen-bond acceptors (Lipinski definition) is 2. The molecule has 0 aromatic carbocycles. The van der Waals surface area contributed by atoms with Crippen LogP contribution in [0.5, 0.6) is 0 Å². The number of hydrogen-bond donors (Lipinski definition) is 2. The molecule has 3 unspecified atom stereocenters. The Kier molecular flexibility index (Phi) is 2.36. The summed E-state index contributed by atoms with van der Waals surface area (Å²) in [5.41, 5.74) is 0. The van der Waals surface area contributed by atoms with Gasteiger partial charge in [0.25, 0.3) is 0 Å². The van der Waals surface area contributed by atoms with E-state index < -0.39 is 0 Å². The van der Waals surface area contributed by atoms with Crippen LogP contribution in [-0.2, 0) is 4.79 Å². The number of nitrogens with one attached hydrogen (secondary N) is 2. The van der Waals surface area contributed by atoms with Gasteiger partial charge >= 0.3 is 0 Å². The first kappa shape index (κ1) is 8.75. The lowest BCUT2D eigenvalue weighted by Gasteiger charge is -2.09. The minimum atomic E-state index is 0.0612. The van der Waals surface area contributed by atoms with Crippen molar-refractivity contribution in [3.8, 4) is 0 Å². The third-order valence-corrected chi connectivity index (χ3v) is 2.85. The Balaban J connectivity index is 1.75. The molecule has 13 heavy (non-hydrogen) atoms. The minimum Gasteiger partial charge on any atom is -0.351 e. The van der Waals surface area contributed by atoms with Crippen molar-refractivity contribution < 1.29 is 4.79 Å². The van der Waals surface area contributed by atoms with E-state index in [4.69, 9.17) is 0 Å². The summed E-state index contributed by atoms with van der Waals surface area (Å²) in [5, 5.41) is 6.21. The maximum absolute atomic E-state index is 11.5. The second-order valence-electron chi connectivity index (χ2n) is 3.90. The van der Waals surface area contributed by atoms with Gasteiger partial charge in [-0.3, -0.25) is 4.79 Å². The summed E-state index contributed by atoms with van der Waals surface area (Å²) in [6, 6.07) is 0.429. The van der Waals surface area contributed by atoms with Crippen molar-refractivity contribution >= 4 is 5.91 Å². The topological polar surface area (TPSA) is 41.1 Å². The predicted molar refractivity (Wildman–Crippen MR) is 51.3 cm³/mol. The highest BCUT2D eigenvalue weighted by Crippen LogP contribution is 2.31. The molecule has 0 bridgehead atoms. The molecule has 2 rings (SSSR count). The third-order valence-electron chi connectivity index (χ3n) is 2.85. The van der Waals surface area contributed by atoms with Gasteiger partial charge in [-0.25, -0.2) is 0 Å². The molecular formula is C10H16N2O. The van der Waals surface area contributed by atoms with Crippen molar-refractivity contribution in [3.63, 3.8) is 0 Å². The molecular weight excluding hydrogens is 164 g/mol. The van der Waals surface area contributed by atoms with E-state index in [-0.39, 0.29) is 11.9 Å². The van der Waals surface area contributed by atoms with Crippen molar-refractivity contribution in [2.45, 2.75) is 31.3 Å². The molecule has 0 aromatic rings. The lowest BCUT2D eigenvalue weighted by atomic mass is 10.2. The van der Waals surface area contributed by atoms with Crippen LogP contribution < -0.4 is 10.6 Å². The van der Waals surface area contributed by atoms with Crippen LogP contribution in [0.25, 0.3) is 0 Å². The Bertz CT molecular complexity index is 221. The Morgan fingerprint density at radius 3 is 3.00 bits per heavy atom. The average Bonchev–Trinajstić information content (AvgIpc) is 2.68. The molecule has 3 heteroatoms. The van der Waals surface area contributed by atoms with Gasteiger partial charge in [0.15, 0.2) is 0 Å². The van der Waals surface area contributed by atoms with Gasteiger partial charge in [0.1, 0.15) is 0 Å². The van der Waals surface area contributed by atoms with E-state index in [0.717, 1.165) is 25.8 Å². The third kappa shape index (κ3) is 1.91. The summed E-state index contributed by atoms with van der Waals surface area (Å²) < 4.78 is 0. The second kappa shape index (κ2) is 3.50. The van der Waals surface area contributed by atoms with Crippen LogP contribution in [0, 0.1) is 5.92 Å². The standard InChI is InChI=1S/C10H16N2O/c1-2-7-6-9(7)12-10(13)8-4-3-5-11-8/h2,7-9,11H,1,3-6H2,(H,12,13). The summed E-state index contributed by atoms with van der Waals surface area (Å²) in [5.74, 6) is 0.692. The highest BCUT2D eigenvalue weighted by Gasteiger charge is 2.37. The van der Waals surface area contributed by atoms with Crippen molar-refractivity contribution in [3.05, 3.63) is 12.7 Å². The molecule has 0 radical (unpaired) electrons. The van der Waals surface area contributed by atoms with Crippen molar-refractivity contribution in [2.75, 3.05) is 6.54 Å². The van der Waals surface area contributed by atoms with E-state index in [1.165, 1.54) is 0 Å². The maximum atomic E-state index is 11.5. The van der Waals surface area contributed by atoms with Crippen molar-refractivity contribution in [1.29, 1.82) is 0 Å². The first-order valence-electron chi connectivity index (χ1n) is 4.97. The van der Waals surface area contributed by atoms with Crippen molar-refractivity contribution in [2.24, 2.45) is 5.92 Å². The van der Waals surface area contributed by atoms with Crippen LogP contribution in [0.4, 0.5) is 0 Å². The van der Waals surface area contributed by atoms with Gasteiger partial charge < -0.3 is 10.6 Å². The van der Waals surface area contributed by atoms with Gasteiger partial charge in [-0.1, -0.05) is 6.08 Å². The first-order valence-corrected chi connectivity index (χ1v) is 4.97. The molecule has 2 N–H and O–H groups in total. The highest BCUT2D eigenvalue weighted by molar-refractivity contribution is 5.82. The molecule has 1 heterocycles. The zero-order valence-electron chi connectivity index (χ0n) is 7.75. The molecule has 3 atom stereocenters. The number of carbonyl (C=O) groups is 1. The minimum absolute atomic E-state index is 0.0612. The van der Waals surface area contributed by atoms with E-state index in [0.29, 0.717) is 12.0 Å². The SMILES string of the molecule is C=CC1CC1NC(=O)C1CCCN1.